The fourth-order valence-electron chi connectivity index (χ4n) is 1.49. The Morgan fingerprint density at radius 2 is 2.21 bits per heavy atom. The second-order valence-corrected chi connectivity index (χ2v) is 5.73. The van der Waals surface area contributed by atoms with E-state index in [0.717, 1.165) is 6.20 Å². The number of aromatic nitrogens is 1. The van der Waals surface area contributed by atoms with E-state index in [-0.39, 0.29) is 17.1 Å². The molecule has 0 amide bonds. The van der Waals surface area contributed by atoms with Gasteiger partial charge in [-0.1, -0.05) is 13.0 Å². The van der Waals surface area contributed by atoms with Gasteiger partial charge in [0.2, 0.25) is 0 Å². The van der Waals surface area contributed by atoms with Crippen molar-refractivity contribution in [1.29, 1.82) is 0 Å². The molecule has 1 rings (SSSR count). The minimum Gasteiger partial charge on any atom is -0.478 e. The van der Waals surface area contributed by atoms with E-state index in [0.29, 0.717) is 13.0 Å². The van der Waals surface area contributed by atoms with Crippen molar-refractivity contribution < 1.29 is 18.3 Å². The number of hydrogen-bond donors (Lipinski definition) is 1. The zero-order valence-corrected chi connectivity index (χ0v) is 11.4. The number of carboxylic acids is 1. The molecule has 7 heteroatoms. The highest BCUT2D eigenvalue weighted by Crippen LogP contribution is 2.14. The summed E-state index contributed by atoms with van der Waals surface area (Å²) in [5.41, 5.74) is -0.0512. The molecule has 0 saturated carbocycles. The van der Waals surface area contributed by atoms with Gasteiger partial charge in [-0.25, -0.2) is 18.2 Å². The Labute approximate surface area is 112 Å². The van der Waals surface area contributed by atoms with E-state index in [4.69, 9.17) is 5.11 Å². The summed E-state index contributed by atoms with van der Waals surface area (Å²) in [5.74, 6) is -1.15. The van der Waals surface area contributed by atoms with Crippen LogP contribution >= 0.6 is 0 Å². The molecule has 0 radical (unpaired) electrons. The van der Waals surface area contributed by atoms with Gasteiger partial charge in [0.15, 0.2) is 5.03 Å². The van der Waals surface area contributed by atoms with Gasteiger partial charge in [-0.2, -0.15) is 4.31 Å². The van der Waals surface area contributed by atoms with Crippen LogP contribution in [-0.4, -0.2) is 41.9 Å². The SMILES string of the molecule is C=CCN(CCC)S(=O)(=O)c1ccc(C(=O)O)cn1. The maximum absolute atomic E-state index is 12.3. The van der Waals surface area contributed by atoms with Crippen molar-refractivity contribution in [3.05, 3.63) is 36.5 Å². The van der Waals surface area contributed by atoms with E-state index < -0.39 is 16.0 Å². The van der Waals surface area contributed by atoms with Crippen LogP contribution in [0.4, 0.5) is 0 Å². The van der Waals surface area contributed by atoms with E-state index in [1.807, 2.05) is 6.92 Å². The molecule has 1 N–H and O–H groups in total. The lowest BCUT2D eigenvalue weighted by Gasteiger charge is -2.19. The summed E-state index contributed by atoms with van der Waals surface area (Å²) in [7, 11) is -3.71. The zero-order valence-electron chi connectivity index (χ0n) is 10.6. The van der Waals surface area contributed by atoms with Crippen molar-refractivity contribution in [2.24, 2.45) is 0 Å². The Morgan fingerprint density at radius 3 is 2.63 bits per heavy atom. The third-order valence-electron chi connectivity index (χ3n) is 2.39. The predicted molar refractivity (Wildman–Crippen MR) is 70.4 cm³/mol. The Morgan fingerprint density at radius 1 is 1.53 bits per heavy atom. The van der Waals surface area contributed by atoms with E-state index >= 15 is 0 Å². The minimum atomic E-state index is -3.71. The predicted octanol–water partition coefficient (Wildman–Crippen LogP) is 1.37. The highest BCUT2D eigenvalue weighted by molar-refractivity contribution is 7.89. The maximum Gasteiger partial charge on any atom is 0.337 e. The summed E-state index contributed by atoms with van der Waals surface area (Å²) in [6, 6.07) is 2.42. The highest BCUT2D eigenvalue weighted by Gasteiger charge is 2.24. The molecule has 0 saturated heterocycles. The van der Waals surface area contributed by atoms with Gasteiger partial charge < -0.3 is 5.11 Å². The van der Waals surface area contributed by atoms with Crippen LogP contribution < -0.4 is 0 Å². The zero-order chi connectivity index (χ0) is 14.5. The third-order valence-corrected chi connectivity index (χ3v) is 4.17. The van der Waals surface area contributed by atoms with E-state index in [1.165, 1.54) is 22.5 Å². The lowest BCUT2D eigenvalue weighted by Crippen LogP contribution is -2.32. The summed E-state index contributed by atoms with van der Waals surface area (Å²) in [6.45, 7) is 5.94. The van der Waals surface area contributed by atoms with Crippen molar-refractivity contribution >= 4 is 16.0 Å². The first kappa shape index (κ1) is 15.3. The molecule has 0 spiro atoms. The summed E-state index contributed by atoms with van der Waals surface area (Å²) < 4.78 is 25.8. The molecule has 19 heavy (non-hydrogen) atoms. The fourth-order valence-corrected chi connectivity index (χ4v) is 2.91. The van der Waals surface area contributed by atoms with E-state index in [1.54, 1.807) is 0 Å². The van der Waals surface area contributed by atoms with Crippen LogP contribution in [0.15, 0.2) is 36.0 Å². The van der Waals surface area contributed by atoms with E-state index in [2.05, 4.69) is 11.6 Å². The number of hydrogen-bond acceptors (Lipinski definition) is 4. The van der Waals surface area contributed by atoms with Crippen LogP contribution in [0.25, 0.3) is 0 Å². The van der Waals surface area contributed by atoms with Crippen molar-refractivity contribution in [1.82, 2.24) is 9.29 Å². The van der Waals surface area contributed by atoms with Crippen molar-refractivity contribution in [2.75, 3.05) is 13.1 Å². The molecule has 1 heterocycles. The summed E-state index contributed by atoms with van der Waals surface area (Å²) >= 11 is 0. The molecular formula is C12H16N2O4S. The second-order valence-electron chi connectivity index (χ2n) is 3.84. The molecule has 104 valence electrons. The number of rotatable bonds is 7. The number of carboxylic acid groups (broad SMARTS) is 1. The Bertz CT molecular complexity index is 552. The van der Waals surface area contributed by atoms with Gasteiger partial charge in [-0.05, 0) is 18.6 Å². The smallest absolute Gasteiger partial charge is 0.337 e. The lowest BCUT2D eigenvalue weighted by atomic mass is 10.3. The van der Waals surface area contributed by atoms with Gasteiger partial charge in [-0.15, -0.1) is 6.58 Å². The average Bonchev–Trinajstić information content (AvgIpc) is 2.38. The minimum absolute atomic E-state index is 0.0512. The van der Waals surface area contributed by atoms with Crippen molar-refractivity contribution in [3.8, 4) is 0 Å². The molecule has 0 aliphatic heterocycles. The van der Waals surface area contributed by atoms with Gasteiger partial charge in [0.25, 0.3) is 10.0 Å². The van der Waals surface area contributed by atoms with Gasteiger partial charge >= 0.3 is 5.97 Å². The summed E-state index contributed by atoms with van der Waals surface area (Å²) in [6.07, 6.45) is 3.20. The molecule has 0 aliphatic rings. The van der Waals surface area contributed by atoms with Crippen LogP contribution in [0.1, 0.15) is 23.7 Å². The standard InChI is InChI=1S/C12H16N2O4S/c1-3-7-14(8-4-2)19(17,18)11-6-5-10(9-13-11)12(15)16/h3,5-6,9H,1,4,7-8H2,2H3,(H,15,16). The largest absolute Gasteiger partial charge is 0.478 e. The molecule has 0 unspecified atom stereocenters. The first-order valence-corrected chi connectivity index (χ1v) is 7.18. The summed E-state index contributed by atoms with van der Waals surface area (Å²) in [4.78, 5) is 14.4. The monoisotopic (exact) mass is 284 g/mol. The number of carbonyl (C=O) groups is 1. The Balaban J connectivity index is 3.10. The number of sulfonamides is 1. The average molecular weight is 284 g/mol. The van der Waals surface area contributed by atoms with Crippen LogP contribution in [0.2, 0.25) is 0 Å². The van der Waals surface area contributed by atoms with Gasteiger partial charge in [0, 0.05) is 19.3 Å². The normalized spacial score (nSPS) is 11.5. The maximum atomic E-state index is 12.3. The molecule has 0 atom stereocenters. The lowest BCUT2D eigenvalue weighted by molar-refractivity contribution is 0.0696. The topological polar surface area (TPSA) is 87.6 Å². The molecule has 1 aromatic heterocycles. The molecule has 0 fully saturated rings. The van der Waals surface area contributed by atoms with Crippen LogP contribution in [0, 0.1) is 0 Å². The Hall–Kier alpha value is -1.73. The van der Waals surface area contributed by atoms with Crippen LogP contribution in [-0.2, 0) is 10.0 Å². The number of pyridine rings is 1. The van der Waals surface area contributed by atoms with Gasteiger partial charge in [0.05, 0.1) is 5.56 Å². The Kier molecular flexibility index (Phi) is 5.20. The van der Waals surface area contributed by atoms with Gasteiger partial charge in [-0.3, -0.25) is 0 Å². The van der Waals surface area contributed by atoms with E-state index in [9.17, 15) is 13.2 Å². The van der Waals surface area contributed by atoms with Crippen LogP contribution in [0.3, 0.4) is 0 Å². The molecule has 0 bridgehead atoms. The highest BCUT2D eigenvalue weighted by atomic mass is 32.2. The molecule has 0 aromatic carbocycles. The molecule has 6 nitrogen and oxygen atoms in total. The second kappa shape index (κ2) is 6.44. The first-order valence-electron chi connectivity index (χ1n) is 5.73. The first-order chi connectivity index (χ1) is 8.93. The molecule has 1 aromatic rings. The quantitative estimate of drug-likeness (QED) is 0.764. The summed E-state index contributed by atoms with van der Waals surface area (Å²) in [5, 5.41) is 8.58. The fraction of sp³-hybridized carbons (Fsp3) is 0.333. The number of nitrogens with zero attached hydrogens (tertiary/aromatic N) is 2. The third kappa shape index (κ3) is 3.62. The van der Waals surface area contributed by atoms with Crippen molar-refractivity contribution in [3.63, 3.8) is 0 Å². The molecular weight excluding hydrogens is 268 g/mol. The van der Waals surface area contributed by atoms with Crippen LogP contribution in [0.5, 0.6) is 0 Å². The van der Waals surface area contributed by atoms with Gasteiger partial charge in [0.1, 0.15) is 0 Å². The molecule has 0 aliphatic carbocycles. The van der Waals surface area contributed by atoms with Crippen molar-refractivity contribution in [2.45, 2.75) is 18.4 Å². The number of aromatic carboxylic acids is 1.